The SMILES string of the molecule is COc1cccc(C=Cc2nc3ccccc3n2-c2ccc(C#N)cc2)c1OCC1CC1. The highest BCUT2D eigenvalue weighted by molar-refractivity contribution is 5.83. The van der Waals surface area contributed by atoms with E-state index in [0.29, 0.717) is 18.1 Å². The third-order valence-corrected chi connectivity index (χ3v) is 5.64. The fraction of sp³-hybridized carbons (Fsp3) is 0.185. The first-order valence-electron chi connectivity index (χ1n) is 10.7. The highest BCUT2D eigenvalue weighted by Crippen LogP contribution is 2.36. The van der Waals surface area contributed by atoms with Gasteiger partial charge in [-0.1, -0.05) is 24.3 Å². The fourth-order valence-electron chi connectivity index (χ4n) is 3.74. The number of ether oxygens (including phenoxy) is 2. The van der Waals surface area contributed by atoms with Crippen LogP contribution < -0.4 is 9.47 Å². The van der Waals surface area contributed by atoms with E-state index < -0.39 is 0 Å². The molecule has 0 atom stereocenters. The first kappa shape index (κ1) is 19.9. The van der Waals surface area contributed by atoms with Crippen molar-refractivity contribution in [3.8, 4) is 23.3 Å². The Bertz CT molecular complexity index is 1330. The van der Waals surface area contributed by atoms with Crippen molar-refractivity contribution in [1.82, 2.24) is 9.55 Å². The van der Waals surface area contributed by atoms with Crippen LogP contribution in [-0.2, 0) is 0 Å². The van der Waals surface area contributed by atoms with Gasteiger partial charge in [0, 0.05) is 11.3 Å². The molecule has 1 fully saturated rings. The van der Waals surface area contributed by atoms with Gasteiger partial charge < -0.3 is 9.47 Å². The summed E-state index contributed by atoms with van der Waals surface area (Å²) in [5.74, 6) is 2.94. The first-order valence-corrected chi connectivity index (χ1v) is 10.7. The van der Waals surface area contributed by atoms with Crippen LogP contribution in [0.15, 0.2) is 66.7 Å². The molecule has 0 unspecified atom stereocenters. The summed E-state index contributed by atoms with van der Waals surface area (Å²) in [5, 5.41) is 9.14. The monoisotopic (exact) mass is 421 g/mol. The minimum absolute atomic E-state index is 0.629. The Kier molecular flexibility index (Phi) is 5.35. The lowest BCUT2D eigenvalue weighted by molar-refractivity contribution is 0.280. The summed E-state index contributed by atoms with van der Waals surface area (Å²) in [6.07, 6.45) is 6.48. The molecule has 3 aromatic carbocycles. The number of fused-ring (bicyclic) bond motifs is 1. The maximum atomic E-state index is 9.14. The van der Waals surface area contributed by atoms with E-state index in [1.54, 1.807) is 7.11 Å². The maximum absolute atomic E-state index is 9.14. The highest BCUT2D eigenvalue weighted by atomic mass is 16.5. The Morgan fingerprint density at radius 1 is 1.03 bits per heavy atom. The molecule has 1 aromatic heterocycles. The van der Waals surface area contributed by atoms with E-state index >= 15 is 0 Å². The van der Waals surface area contributed by atoms with E-state index in [9.17, 15) is 0 Å². The molecule has 1 heterocycles. The van der Waals surface area contributed by atoms with Crippen molar-refractivity contribution in [2.45, 2.75) is 12.8 Å². The molecule has 158 valence electrons. The Morgan fingerprint density at radius 2 is 1.84 bits per heavy atom. The Labute approximate surface area is 187 Å². The summed E-state index contributed by atoms with van der Waals surface area (Å²) >= 11 is 0. The normalized spacial score (nSPS) is 13.4. The van der Waals surface area contributed by atoms with Crippen LogP contribution in [0.1, 0.15) is 29.8 Å². The second kappa shape index (κ2) is 8.60. The third kappa shape index (κ3) is 3.95. The van der Waals surface area contributed by atoms with Gasteiger partial charge in [0.1, 0.15) is 5.82 Å². The summed E-state index contributed by atoms with van der Waals surface area (Å²) in [6, 6.07) is 23.7. The smallest absolute Gasteiger partial charge is 0.168 e. The van der Waals surface area contributed by atoms with Crippen molar-refractivity contribution in [1.29, 1.82) is 5.26 Å². The lowest BCUT2D eigenvalue weighted by Gasteiger charge is -2.13. The van der Waals surface area contributed by atoms with Crippen LogP contribution in [0.5, 0.6) is 11.5 Å². The van der Waals surface area contributed by atoms with E-state index in [0.717, 1.165) is 39.6 Å². The van der Waals surface area contributed by atoms with E-state index in [1.807, 2.05) is 78.9 Å². The first-order chi connectivity index (χ1) is 15.8. The lowest BCUT2D eigenvalue weighted by Crippen LogP contribution is -2.02. The van der Waals surface area contributed by atoms with Crippen molar-refractivity contribution in [2.75, 3.05) is 13.7 Å². The standard InChI is InChI=1S/C27H23N3O2/c1-31-25-8-4-5-21(27(25)32-18-20-9-10-20)13-16-26-29-23-6-2-3-7-24(23)30(26)22-14-11-19(17-28)12-15-22/h2-8,11-16,20H,9-10,18H2,1H3. The number of hydrogen-bond donors (Lipinski definition) is 0. The van der Waals surface area contributed by atoms with Gasteiger partial charge in [-0.15, -0.1) is 0 Å². The number of methoxy groups -OCH3 is 1. The van der Waals surface area contributed by atoms with Gasteiger partial charge in [0.25, 0.3) is 0 Å². The van der Waals surface area contributed by atoms with Gasteiger partial charge in [-0.25, -0.2) is 4.98 Å². The average Bonchev–Trinajstić information content (AvgIpc) is 3.60. The second-order valence-electron chi connectivity index (χ2n) is 7.92. The fourth-order valence-corrected chi connectivity index (χ4v) is 3.74. The van der Waals surface area contributed by atoms with Crippen LogP contribution in [0.3, 0.4) is 0 Å². The lowest BCUT2D eigenvalue weighted by atomic mass is 10.1. The van der Waals surface area contributed by atoms with Crippen molar-refractivity contribution in [2.24, 2.45) is 5.92 Å². The minimum Gasteiger partial charge on any atom is -0.493 e. The number of aromatic nitrogens is 2. The number of hydrogen-bond acceptors (Lipinski definition) is 4. The summed E-state index contributed by atoms with van der Waals surface area (Å²) < 4.78 is 13.8. The molecule has 5 heteroatoms. The molecule has 0 amide bonds. The van der Waals surface area contributed by atoms with Gasteiger partial charge in [0.2, 0.25) is 0 Å². The van der Waals surface area contributed by atoms with Crippen LogP contribution in [0.25, 0.3) is 28.9 Å². The number of nitriles is 1. The minimum atomic E-state index is 0.629. The molecular formula is C27H23N3O2. The number of nitrogens with zero attached hydrogens (tertiary/aromatic N) is 3. The molecule has 0 saturated heterocycles. The summed E-state index contributed by atoms with van der Waals surface area (Å²) in [4.78, 5) is 4.84. The maximum Gasteiger partial charge on any atom is 0.168 e. The molecule has 4 aromatic rings. The van der Waals surface area contributed by atoms with Gasteiger partial charge in [-0.3, -0.25) is 4.57 Å². The molecule has 0 N–H and O–H groups in total. The molecule has 1 aliphatic carbocycles. The van der Waals surface area contributed by atoms with Crippen LogP contribution in [0, 0.1) is 17.2 Å². The van der Waals surface area contributed by atoms with Crippen LogP contribution in [0.2, 0.25) is 0 Å². The highest BCUT2D eigenvalue weighted by Gasteiger charge is 2.23. The quantitative estimate of drug-likeness (QED) is 0.375. The third-order valence-electron chi connectivity index (χ3n) is 5.64. The second-order valence-corrected chi connectivity index (χ2v) is 7.92. The van der Waals surface area contributed by atoms with Crippen molar-refractivity contribution < 1.29 is 9.47 Å². The average molecular weight is 422 g/mol. The number of para-hydroxylation sites is 3. The summed E-state index contributed by atoms with van der Waals surface area (Å²) in [5.41, 5.74) is 4.45. The number of imidazole rings is 1. The van der Waals surface area contributed by atoms with E-state index in [1.165, 1.54) is 12.8 Å². The summed E-state index contributed by atoms with van der Waals surface area (Å²) in [7, 11) is 1.66. The molecule has 0 aliphatic heterocycles. The van der Waals surface area contributed by atoms with E-state index in [-0.39, 0.29) is 0 Å². The molecule has 1 aliphatic rings. The topological polar surface area (TPSA) is 60.1 Å². The predicted molar refractivity (Wildman–Crippen MR) is 126 cm³/mol. The molecule has 32 heavy (non-hydrogen) atoms. The van der Waals surface area contributed by atoms with Gasteiger partial charge in [-0.05, 0) is 73.4 Å². The Balaban J connectivity index is 1.56. The molecule has 0 bridgehead atoms. The van der Waals surface area contributed by atoms with Crippen LogP contribution in [0.4, 0.5) is 0 Å². The van der Waals surface area contributed by atoms with Crippen molar-refractivity contribution in [3.05, 3.63) is 83.7 Å². The number of benzene rings is 3. The summed E-state index contributed by atoms with van der Waals surface area (Å²) in [6.45, 7) is 0.713. The number of rotatable bonds is 7. The van der Waals surface area contributed by atoms with Gasteiger partial charge in [0.15, 0.2) is 11.5 Å². The molecule has 5 nitrogen and oxygen atoms in total. The van der Waals surface area contributed by atoms with Crippen LogP contribution >= 0.6 is 0 Å². The molecule has 5 rings (SSSR count). The van der Waals surface area contributed by atoms with Gasteiger partial charge >= 0.3 is 0 Å². The van der Waals surface area contributed by atoms with Crippen LogP contribution in [-0.4, -0.2) is 23.3 Å². The zero-order valence-corrected chi connectivity index (χ0v) is 17.9. The Hall–Kier alpha value is -4.04. The predicted octanol–water partition coefficient (Wildman–Crippen LogP) is 5.86. The van der Waals surface area contributed by atoms with E-state index in [2.05, 4.69) is 10.6 Å². The zero-order valence-electron chi connectivity index (χ0n) is 17.9. The zero-order chi connectivity index (χ0) is 21.9. The molecule has 0 radical (unpaired) electrons. The van der Waals surface area contributed by atoms with Crippen molar-refractivity contribution in [3.63, 3.8) is 0 Å². The van der Waals surface area contributed by atoms with Crippen molar-refractivity contribution >= 4 is 23.2 Å². The molecular weight excluding hydrogens is 398 g/mol. The largest absolute Gasteiger partial charge is 0.493 e. The molecule has 1 saturated carbocycles. The van der Waals surface area contributed by atoms with Gasteiger partial charge in [-0.2, -0.15) is 5.26 Å². The van der Waals surface area contributed by atoms with E-state index in [4.69, 9.17) is 19.7 Å². The molecule has 0 spiro atoms. The Morgan fingerprint density at radius 3 is 2.59 bits per heavy atom. The van der Waals surface area contributed by atoms with Gasteiger partial charge in [0.05, 0.1) is 36.4 Å².